The van der Waals surface area contributed by atoms with Crippen molar-refractivity contribution in [3.8, 4) is 0 Å². The van der Waals surface area contributed by atoms with Gasteiger partial charge in [0.25, 0.3) is 0 Å². The zero-order chi connectivity index (χ0) is 15.2. The number of rotatable bonds is 1. The first-order valence-electron chi connectivity index (χ1n) is 8.47. The molecule has 1 aliphatic carbocycles. The highest BCUT2D eigenvalue weighted by atomic mass is 15.4. The van der Waals surface area contributed by atoms with Gasteiger partial charge < -0.3 is 10.4 Å². The van der Waals surface area contributed by atoms with Gasteiger partial charge in [-0.15, -0.1) is 0 Å². The third-order valence-corrected chi connectivity index (χ3v) is 5.23. The average Bonchev–Trinajstić information content (AvgIpc) is 2.97. The average molecular weight is 304 g/mol. The van der Waals surface area contributed by atoms with Gasteiger partial charge in [-0.25, -0.2) is 5.43 Å². The summed E-state index contributed by atoms with van der Waals surface area (Å²) in [7, 11) is 0. The number of hydrazine groups is 1. The van der Waals surface area contributed by atoms with Crippen LogP contribution in [0.5, 0.6) is 0 Å². The Morgan fingerprint density at radius 2 is 2.17 bits per heavy atom. The molecule has 0 saturated carbocycles. The van der Waals surface area contributed by atoms with Crippen molar-refractivity contribution >= 4 is 27.5 Å². The third kappa shape index (κ3) is 1.98. The number of aromatic nitrogens is 2. The highest BCUT2D eigenvalue weighted by Gasteiger charge is 2.20. The summed E-state index contributed by atoms with van der Waals surface area (Å²) in [5.41, 5.74) is 12.8. The van der Waals surface area contributed by atoms with Gasteiger partial charge in [0.15, 0.2) is 0 Å². The van der Waals surface area contributed by atoms with Crippen molar-refractivity contribution in [3.63, 3.8) is 0 Å². The zero-order valence-corrected chi connectivity index (χ0v) is 13.0. The Labute approximate surface area is 135 Å². The van der Waals surface area contributed by atoms with Crippen LogP contribution in [-0.2, 0) is 6.42 Å². The van der Waals surface area contributed by atoms with Crippen LogP contribution in [-0.4, -0.2) is 16.5 Å². The summed E-state index contributed by atoms with van der Waals surface area (Å²) in [6.45, 7) is 0.960. The molecule has 1 aromatic carbocycles. The quantitative estimate of drug-likeness (QED) is 0.595. The number of hydrogen-bond acceptors (Lipinski definition) is 3. The topological polar surface area (TPSA) is 52.7 Å². The number of fused-ring (bicyclic) bond motifs is 2. The van der Waals surface area contributed by atoms with Crippen LogP contribution in [0.3, 0.4) is 0 Å². The number of hydrogen-bond donors (Lipinski definition) is 3. The van der Waals surface area contributed by atoms with Crippen LogP contribution in [0.4, 0.5) is 5.69 Å². The smallest absolute Gasteiger partial charge is 0.0779 e. The Kier molecular flexibility index (Phi) is 2.91. The fourth-order valence-corrected chi connectivity index (χ4v) is 4.02. The van der Waals surface area contributed by atoms with E-state index >= 15 is 0 Å². The predicted octanol–water partition coefficient (Wildman–Crippen LogP) is 4.01. The summed E-state index contributed by atoms with van der Waals surface area (Å²) >= 11 is 0. The lowest BCUT2D eigenvalue weighted by Gasteiger charge is -2.21. The van der Waals surface area contributed by atoms with E-state index in [1.807, 2.05) is 6.20 Å². The molecule has 2 aromatic heterocycles. The minimum absolute atomic E-state index is 0.575. The minimum Gasteiger partial charge on any atom is -0.359 e. The maximum atomic E-state index is 4.78. The second-order valence-corrected chi connectivity index (χ2v) is 6.57. The molecular formula is C19H20N4. The van der Waals surface area contributed by atoms with E-state index in [1.165, 1.54) is 45.9 Å². The molecule has 3 heterocycles. The largest absolute Gasteiger partial charge is 0.359 e. The van der Waals surface area contributed by atoms with Gasteiger partial charge in [0.05, 0.1) is 16.7 Å². The summed E-state index contributed by atoms with van der Waals surface area (Å²) in [4.78, 5) is 8.36. The van der Waals surface area contributed by atoms with E-state index in [1.54, 1.807) is 0 Å². The van der Waals surface area contributed by atoms with Crippen molar-refractivity contribution in [2.75, 3.05) is 12.0 Å². The van der Waals surface area contributed by atoms with Crippen molar-refractivity contribution in [1.82, 2.24) is 15.4 Å². The van der Waals surface area contributed by atoms with Gasteiger partial charge in [-0.1, -0.05) is 24.3 Å². The van der Waals surface area contributed by atoms with Crippen LogP contribution in [0.15, 0.2) is 36.7 Å². The van der Waals surface area contributed by atoms with Crippen LogP contribution in [0.25, 0.3) is 21.8 Å². The molecule has 4 heteroatoms. The molecular weight excluding hydrogens is 284 g/mol. The molecule has 5 rings (SSSR count). The Balaban J connectivity index is 1.81. The molecule has 1 aliphatic heterocycles. The van der Waals surface area contributed by atoms with Gasteiger partial charge in [0.2, 0.25) is 0 Å². The molecule has 3 aromatic rings. The third-order valence-electron chi connectivity index (χ3n) is 5.23. The van der Waals surface area contributed by atoms with E-state index in [2.05, 4.69) is 46.3 Å². The van der Waals surface area contributed by atoms with Gasteiger partial charge in [0, 0.05) is 29.7 Å². The van der Waals surface area contributed by atoms with Crippen LogP contribution < -0.4 is 10.9 Å². The first-order valence-corrected chi connectivity index (χ1v) is 8.47. The summed E-state index contributed by atoms with van der Waals surface area (Å²) in [6, 6.07) is 4.45. The second kappa shape index (κ2) is 5.10. The van der Waals surface area contributed by atoms with Crippen LogP contribution in [0.2, 0.25) is 0 Å². The lowest BCUT2D eigenvalue weighted by Crippen LogP contribution is -2.29. The molecule has 0 fully saturated rings. The van der Waals surface area contributed by atoms with E-state index in [9.17, 15) is 0 Å². The van der Waals surface area contributed by atoms with Gasteiger partial charge in [0.1, 0.15) is 0 Å². The molecule has 0 spiro atoms. The molecule has 2 aliphatic rings. The molecule has 1 atom stereocenters. The maximum Gasteiger partial charge on any atom is 0.0779 e. The molecule has 4 nitrogen and oxygen atoms in total. The summed E-state index contributed by atoms with van der Waals surface area (Å²) < 4.78 is 0. The number of anilines is 1. The fourth-order valence-electron chi connectivity index (χ4n) is 4.02. The van der Waals surface area contributed by atoms with Gasteiger partial charge >= 0.3 is 0 Å². The molecule has 116 valence electrons. The van der Waals surface area contributed by atoms with Crippen molar-refractivity contribution in [1.29, 1.82) is 0 Å². The predicted molar refractivity (Wildman–Crippen MR) is 94.7 cm³/mol. The van der Waals surface area contributed by atoms with Crippen LogP contribution in [0.1, 0.15) is 36.3 Å². The molecule has 0 saturated heterocycles. The number of nitrogens with zero attached hydrogens (tertiary/aromatic N) is 1. The lowest BCUT2D eigenvalue weighted by atomic mass is 9.87. The van der Waals surface area contributed by atoms with Crippen molar-refractivity contribution < 1.29 is 0 Å². The number of aromatic amines is 1. The number of pyridine rings is 1. The van der Waals surface area contributed by atoms with Crippen molar-refractivity contribution in [2.24, 2.45) is 0 Å². The Morgan fingerprint density at radius 3 is 3.09 bits per heavy atom. The second-order valence-electron chi connectivity index (χ2n) is 6.57. The number of allylic oxidation sites excluding steroid dienone is 2. The van der Waals surface area contributed by atoms with Crippen LogP contribution in [0, 0.1) is 0 Å². The number of nitrogens with one attached hydrogen (secondary N) is 3. The highest BCUT2D eigenvalue weighted by Crippen LogP contribution is 2.38. The van der Waals surface area contributed by atoms with E-state index in [0.717, 1.165) is 24.9 Å². The molecule has 0 bridgehead atoms. The SMILES string of the molecule is C1=CCC(c2c[nH]c3c4c(ccc5cnc2c53)CCNN4)CC1. The van der Waals surface area contributed by atoms with Gasteiger partial charge in [-0.05, 0) is 42.7 Å². The van der Waals surface area contributed by atoms with Crippen molar-refractivity contribution in [2.45, 2.75) is 31.6 Å². The fraction of sp³-hybridized carbons (Fsp3) is 0.316. The molecule has 0 amide bonds. The maximum absolute atomic E-state index is 4.78. The molecule has 3 N–H and O–H groups in total. The molecule has 1 unspecified atom stereocenters. The Morgan fingerprint density at radius 1 is 1.17 bits per heavy atom. The normalized spacial score (nSPS) is 20.6. The first kappa shape index (κ1) is 13.1. The van der Waals surface area contributed by atoms with E-state index in [0.29, 0.717) is 5.92 Å². The van der Waals surface area contributed by atoms with E-state index in [-0.39, 0.29) is 0 Å². The monoisotopic (exact) mass is 304 g/mol. The van der Waals surface area contributed by atoms with Crippen LogP contribution >= 0.6 is 0 Å². The van der Waals surface area contributed by atoms with Crippen molar-refractivity contribution in [3.05, 3.63) is 47.8 Å². The Hall–Kier alpha value is -2.33. The van der Waals surface area contributed by atoms with Gasteiger partial charge in [-0.2, -0.15) is 0 Å². The molecule has 0 radical (unpaired) electrons. The van der Waals surface area contributed by atoms with E-state index < -0.39 is 0 Å². The van der Waals surface area contributed by atoms with E-state index in [4.69, 9.17) is 4.98 Å². The zero-order valence-electron chi connectivity index (χ0n) is 13.0. The first-order chi connectivity index (χ1) is 11.4. The minimum atomic E-state index is 0.575. The standard InChI is InChI=1S/C19H20N4/c1-2-4-12(5-3-1)15-11-21-19-16-14(10-20-18(15)16)7-6-13-8-9-22-23-17(13)19/h1-2,6-7,10-12,21-23H,3-5,8-9H2. The number of H-pyrrole nitrogens is 1. The molecule has 23 heavy (non-hydrogen) atoms. The van der Waals surface area contributed by atoms with Gasteiger partial charge in [-0.3, -0.25) is 4.98 Å². The summed E-state index contributed by atoms with van der Waals surface area (Å²) in [5, 5.41) is 2.48. The highest BCUT2D eigenvalue weighted by molar-refractivity contribution is 6.12. The Bertz CT molecular complexity index is 922. The summed E-state index contributed by atoms with van der Waals surface area (Å²) in [5.74, 6) is 0.575. The summed E-state index contributed by atoms with van der Waals surface area (Å²) in [6.07, 6.45) is 13.4. The lowest BCUT2D eigenvalue weighted by molar-refractivity contribution is 0.619.